The Morgan fingerprint density at radius 3 is 2.31 bits per heavy atom. The van der Waals surface area contributed by atoms with Gasteiger partial charge in [-0.1, -0.05) is 56.5 Å². The molecule has 0 aliphatic heterocycles. The molecule has 3 N–H and O–H groups in total. The highest BCUT2D eigenvalue weighted by Crippen LogP contribution is 2.40. The van der Waals surface area contributed by atoms with Gasteiger partial charge in [0.2, 0.25) is 5.75 Å². The molecule has 0 aromatic heterocycles. The van der Waals surface area contributed by atoms with E-state index in [9.17, 15) is 24.9 Å². The lowest BCUT2D eigenvalue weighted by molar-refractivity contribution is 0.0494. The van der Waals surface area contributed by atoms with E-state index in [2.05, 4.69) is 6.92 Å². The van der Waals surface area contributed by atoms with Crippen LogP contribution < -0.4 is 0 Å². The van der Waals surface area contributed by atoms with Gasteiger partial charge in [-0.3, -0.25) is 4.79 Å². The molecule has 2 aromatic rings. The van der Waals surface area contributed by atoms with Gasteiger partial charge in [-0.25, -0.2) is 4.79 Å². The van der Waals surface area contributed by atoms with E-state index in [1.807, 2.05) is 0 Å². The van der Waals surface area contributed by atoms with E-state index in [1.165, 1.54) is 12.1 Å². The molecular weight excluding hydrogens is 336 g/mol. The first-order chi connectivity index (χ1) is 12.5. The fourth-order valence-electron chi connectivity index (χ4n) is 2.54. The number of hydrogen-bond donors (Lipinski definition) is 3. The van der Waals surface area contributed by atoms with Crippen molar-refractivity contribution in [2.45, 2.75) is 32.6 Å². The van der Waals surface area contributed by atoms with Crippen LogP contribution in [0.2, 0.25) is 0 Å². The molecule has 0 amide bonds. The van der Waals surface area contributed by atoms with Crippen molar-refractivity contribution in [3.63, 3.8) is 0 Å². The molecule has 2 aromatic carbocycles. The molecule has 0 aliphatic rings. The van der Waals surface area contributed by atoms with Crippen molar-refractivity contribution in [2.24, 2.45) is 0 Å². The third-order valence-electron chi connectivity index (χ3n) is 3.97. The van der Waals surface area contributed by atoms with Crippen LogP contribution in [0.15, 0.2) is 36.4 Å². The molecule has 0 saturated carbocycles. The molecule has 0 radical (unpaired) electrons. The Kier molecular flexibility index (Phi) is 6.60. The van der Waals surface area contributed by atoms with E-state index in [0.717, 1.165) is 25.3 Å². The second kappa shape index (κ2) is 8.89. The largest absolute Gasteiger partial charge is 0.504 e. The number of carbonyl (C=O) groups excluding carboxylic acids is 2. The Bertz CT molecular complexity index is 783. The summed E-state index contributed by atoms with van der Waals surface area (Å²) in [5, 5.41) is 29.6. The van der Waals surface area contributed by atoms with Crippen molar-refractivity contribution < 1.29 is 29.6 Å². The van der Waals surface area contributed by atoms with Crippen LogP contribution in [0.5, 0.6) is 17.2 Å². The predicted molar refractivity (Wildman–Crippen MR) is 95.7 cm³/mol. The molecule has 0 fully saturated rings. The number of rotatable bonds is 8. The lowest BCUT2D eigenvalue weighted by atomic mass is 9.96. The Hall–Kier alpha value is -3.02. The molecule has 0 saturated heterocycles. The lowest BCUT2D eigenvalue weighted by Gasteiger charge is -2.13. The maximum atomic E-state index is 12.7. The van der Waals surface area contributed by atoms with Gasteiger partial charge < -0.3 is 20.1 Å². The first-order valence-corrected chi connectivity index (χ1v) is 8.52. The molecule has 0 atom stereocenters. The number of carbonyl (C=O) groups is 2. The minimum absolute atomic E-state index is 0.167. The van der Waals surface area contributed by atoms with Crippen LogP contribution in [0, 0.1) is 0 Å². The van der Waals surface area contributed by atoms with Gasteiger partial charge in [-0.05, 0) is 12.5 Å². The summed E-state index contributed by atoms with van der Waals surface area (Å²) in [5.74, 6) is -3.91. The van der Waals surface area contributed by atoms with Crippen LogP contribution in [0.4, 0.5) is 0 Å². The van der Waals surface area contributed by atoms with Gasteiger partial charge in [0, 0.05) is 5.56 Å². The Labute approximate surface area is 151 Å². The van der Waals surface area contributed by atoms with Gasteiger partial charge in [0.05, 0.1) is 17.7 Å². The summed E-state index contributed by atoms with van der Waals surface area (Å²) in [6.07, 6.45) is 3.66. The van der Waals surface area contributed by atoms with Crippen molar-refractivity contribution >= 4 is 11.8 Å². The van der Waals surface area contributed by atoms with Crippen LogP contribution in [-0.2, 0) is 4.74 Å². The number of hydrogen-bond acceptors (Lipinski definition) is 6. The van der Waals surface area contributed by atoms with E-state index >= 15 is 0 Å². The minimum atomic E-state index is -0.858. The van der Waals surface area contributed by atoms with Crippen molar-refractivity contribution in [3.8, 4) is 17.2 Å². The van der Waals surface area contributed by atoms with E-state index in [-0.39, 0.29) is 17.7 Å². The smallest absolute Gasteiger partial charge is 0.339 e. The zero-order valence-corrected chi connectivity index (χ0v) is 14.6. The minimum Gasteiger partial charge on any atom is -0.504 e. The molecule has 0 bridgehead atoms. The van der Waals surface area contributed by atoms with Gasteiger partial charge in [0.25, 0.3) is 0 Å². The Morgan fingerprint density at radius 1 is 0.962 bits per heavy atom. The van der Waals surface area contributed by atoms with E-state index in [1.54, 1.807) is 18.2 Å². The van der Waals surface area contributed by atoms with E-state index < -0.39 is 34.6 Å². The zero-order chi connectivity index (χ0) is 19.1. The number of unbranched alkanes of at least 4 members (excludes halogenated alkanes) is 3. The summed E-state index contributed by atoms with van der Waals surface area (Å²) in [6.45, 7) is 2.23. The molecule has 0 spiro atoms. The van der Waals surface area contributed by atoms with Crippen LogP contribution in [0.1, 0.15) is 58.9 Å². The van der Waals surface area contributed by atoms with Crippen LogP contribution in [0.25, 0.3) is 0 Å². The zero-order valence-electron chi connectivity index (χ0n) is 14.6. The normalized spacial score (nSPS) is 10.5. The van der Waals surface area contributed by atoms with Gasteiger partial charge in [0.15, 0.2) is 17.3 Å². The third-order valence-corrected chi connectivity index (χ3v) is 3.97. The number of ketones is 1. The Balaban J connectivity index is 2.33. The second-order valence-corrected chi connectivity index (χ2v) is 5.91. The second-order valence-electron chi connectivity index (χ2n) is 5.91. The highest BCUT2D eigenvalue weighted by molar-refractivity contribution is 6.16. The average molecular weight is 358 g/mol. The summed E-state index contributed by atoms with van der Waals surface area (Å²) < 4.78 is 5.16. The van der Waals surface area contributed by atoms with Crippen LogP contribution in [0.3, 0.4) is 0 Å². The van der Waals surface area contributed by atoms with Crippen molar-refractivity contribution in [3.05, 3.63) is 53.1 Å². The average Bonchev–Trinajstić information content (AvgIpc) is 2.65. The number of esters is 1. The van der Waals surface area contributed by atoms with Crippen molar-refractivity contribution in [1.82, 2.24) is 0 Å². The molecule has 6 heteroatoms. The molecule has 0 aliphatic carbocycles. The molecule has 0 heterocycles. The third kappa shape index (κ3) is 4.33. The van der Waals surface area contributed by atoms with Gasteiger partial charge in [0.1, 0.15) is 0 Å². The Morgan fingerprint density at radius 2 is 1.65 bits per heavy atom. The van der Waals surface area contributed by atoms with Crippen LogP contribution in [-0.4, -0.2) is 33.7 Å². The fourth-order valence-corrected chi connectivity index (χ4v) is 2.54. The quantitative estimate of drug-likeness (QED) is 0.287. The molecule has 0 unspecified atom stereocenters. The monoisotopic (exact) mass is 358 g/mol. The van der Waals surface area contributed by atoms with Crippen LogP contribution >= 0.6 is 0 Å². The summed E-state index contributed by atoms with van der Waals surface area (Å²) in [4.78, 5) is 25.1. The topological polar surface area (TPSA) is 104 Å². The first-order valence-electron chi connectivity index (χ1n) is 8.52. The van der Waals surface area contributed by atoms with E-state index in [4.69, 9.17) is 4.74 Å². The molecule has 138 valence electrons. The standard InChI is InChI=1S/C20H22O6/c1-2-3-4-8-11-26-20(25)14-12-15(21)18(23)19(24)16(14)17(22)13-9-6-5-7-10-13/h5-7,9-10,12,21,23-24H,2-4,8,11H2,1H3. The number of aromatic hydroxyl groups is 3. The fraction of sp³-hybridized carbons (Fsp3) is 0.300. The summed E-state index contributed by atoms with van der Waals surface area (Å²) in [5.41, 5.74) is -0.461. The summed E-state index contributed by atoms with van der Waals surface area (Å²) in [7, 11) is 0. The number of ether oxygens (including phenoxy) is 1. The molecule has 6 nitrogen and oxygen atoms in total. The van der Waals surface area contributed by atoms with Gasteiger partial charge >= 0.3 is 5.97 Å². The predicted octanol–water partition coefficient (Wildman–Crippen LogP) is 3.77. The highest BCUT2D eigenvalue weighted by Gasteiger charge is 2.27. The summed E-state index contributed by atoms with van der Waals surface area (Å²) in [6, 6.07) is 8.96. The van der Waals surface area contributed by atoms with Crippen molar-refractivity contribution in [2.75, 3.05) is 6.61 Å². The van der Waals surface area contributed by atoms with Gasteiger partial charge in [-0.2, -0.15) is 0 Å². The number of benzene rings is 2. The van der Waals surface area contributed by atoms with Crippen molar-refractivity contribution in [1.29, 1.82) is 0 Å². The molecule has 2 rings (SSSR count). The highest BCUT2D eigenvalue weighted by atomic mass is 16.5. The number of phenolic OH excluding ortho intramolecular Hbond substituents is 3. The first kappa shape index (κ1) is 19.3. The lowest BCUT2D eigenvalue weighted by Crippen LogP contribution is -2.14. The SMILES string of the molecule is CCCCCCOC(=O)c1cc(O)c(O)c(O)c1C(=O)c1ccccc1. The van der Waals surface area contributed by atoms with E-state index in [0.29, 0.717) is 6.42 Å². The molecular formula is C20H22O6. The molecule has 26 heavy (non-hydrogen) atoms. The maximum Gasteiger partial charge on any atom is 0.339 e. The summed E-state index contributed by atoms with van der Waals surface area (Å²) >= 11 is 0. The van der Waals surface area contributed by atoms with Gasteiger partial charge in [-0.15, -0.1) is 0 Å². The maximum absolute atomic E-state index is 12.7. The number of phenols is 3.